The molecule has 0 fully saturated rings. The normalized spacial score (nSPS) is 12.7. The third-order valence-corrected chi connectivity index (χ3v) is 9.98. The first-order valence-electron chi connectivity index (χ1n) is 23.8. The Bertz CT molecular complexity index is 977. The van der Waals surface area contributed by atoms with E-state index in [1.807, 2.05) is 0 Å². The average Bonchev–Trinajstić information content (AvgIpc) is 3.20. The molecule has 1 atom stereocenters. The van der Waals surface area contributed by atoms with Gasteiger partial charge in [-0.25, -0.2) is 0 Å². The van der Waals surface area contributed by atoms with Crippen molar-refractivity contribution in [3.63, 3.8) is 0 Å². The number of hydrogen-bond acceptors (Lipinski definition) is 5. The second kappa shape index (κ2) is 47.0. The molecule has 0 aliphatic carbocycles. The highest BCUT2D eigenvalue weighted by Gasteiger charge is 2.17. The highest BCUT2D eigenvalue weighted by molar-refractivity contribution is 5.70. The summed E-state index contributed by atoms with van der Waals surface area (Å²) >= 11 is 0. The van der Waals surface area contributed by atoms with Gasteiger partial charge in [-0.3, -0.25) is 9.59 Å². The third-order valence-electron chi connectivity index (χ3n) is 9.98. The van der Waals surface area contributed by atoms with Crippen LogP contribution in [0.15, 0.2) is 60.8 Å². The molecular weight excluding hydrogens is 693 g/mol. The molecular formula is C51H90O5. The Hall–Kier alpha value is -2.40. The minimum atomic E-state index is -0.550. The molecule has 0 aliphatic rings. The Kier molecular flexibility index (Phi) is 45.0. The van der Waals surface area contributed by atoms with Crippen LogP contribution in [0.5, 0.6) is 0 Å². The molecule has 0 aromatic heterocycles. The summed E-state index contributed by atoms with van der Waals surface area (Å²) in [4.78, 5) is 25.3. The Morgan fingerprint density at radius 3 is 1.32 bits per heavy atom. The Balaban J connectivity index is 4.29. The Morgan fingerprint density at radius 2 is 0.804 bits per heavy atom. The molecule has 0 saturated heterocycles. The number of hydrogen-bond donors (Lipinski definition) is 0. The first-order valence-corrected chi connectivity index (χ1v) is 23.8. The zero-order valence-electron chi connectivity index (χ0n) is 37.1. The molecule has 5 nitrogen and oxygen atoms in total. The molecule has 324 valence electrons. The molecule has 0 radical (unpaired) electrons. The minimum Gasteiger partial charge on any atom is -0.462 e. The van der Waals surface area contributed by atoms with Gasteiger partial charge in [0.05, 0.1) is 6.61 Å². The third kappa shape index (κ3) is 44.3. The molecule has 0 aromatic carbocycles. The standard InChI is InChI=1S/C51H90O5/c1-4-7-10-13-16-19-22-24-25-26-28-31-34-37-40-43-46-54-47-49(56-51(53)45-42-39-36-33-29-21-18-15-12-9-6-3)48-55-50(52)44-41-38-35-32-30-27-23-20-17-14-11-8-5-2/h11,14-16,18-20,23-25,49H,4-10,12-13,17,21-22,26-48H2,1-3H3/b14-11-,18-15-,19-16-,23-20-,25-24-. The molecule has 56 heavy (non-hydrogen) atoms. The monoisotopic (exact) mass is 783 g/mol. The lowest BCUT2D eigenvalue weighted by molar-refractivity contribution is -0.163. The fraction of sp³-hybridized carbons (Fsp3) is 0.765. The van der Waals surface area contributed by atoms with Crippen LogP contribution in [0.4, 0.5) is 0 Å². The van der Waals surface area contributed by atoms with Gasteiger partial charge in [-0.2, -0.15) is 0 Å². The van der Waals surface area contributed by atoms with Crippen LogP contribution in [0.25, 0.3) is 0 Å². The van der Waals surface area contributed by atoms with Gasteiger partial charge in [-0.15, -0.1) is 0 Å². The molecule has 0 heterocycles. The van der Waals surface area contributed by atoms with E-state index in [4.69, 9.17) is 14.2 Å². The van der Waals surface area contributed by atoms with E-state index in [2.05, 4.69) is 81.5 Å². The highest BCUT2D eigenvalue weighted by Crippen LogP contribution is 2.13. The van der Waals surface area contributed by atoms with Crippen molar-refractivity contribution in [1.82, 2.24) is 0 Å². The molecule has 0 amide bonds. The fourth-order valence-corrected chi connectivity index (χ4v) is 6.38. The number of rotatable bonds is 43. The van der Waals surface area contributed by atoms with Gasteiger partial charge >= 0.3 is 11.9 Å². The zero-order valence-corrected chi connectivity index (χ0v) is 37.1. The second-order valence-corrected chi connectivity index (χ2v) is 15.6. The van der Waals surface area contributed by atoms with E-state index < -0.39 is 6.10 Å². The van der Waals surface area contributed by atoms with Crippen LogP contribution in [0.3, 0.4) is 0 Å². The number of unbranched alkanes of at least 4 members (excludes halogenated alkanes) is 22. The van der Waals surface area contributed by atoms with E-state index in [0.717, 1.165) is 77.0 Å². The van der Waals surface area contributed by atoms with Crippen molar-refractivity contribution in [2.24, 2.45) is 0 Å². The van der Waals surface area contributed by atoms with Crippen LogP contribution >= 0.6 is 0 Å². The van der Waals surface area contributed by atoms with Gasteiger partial charge in [-0.1, -0.05) is 178 Å². The van der Waals surface area contributed by atoms with Gasteiger partial charge in [0.15, 0.2) is 6.10 Å². The zero-order chi connectivity index (χ0) is 40.7. The highest BCUT2D eigenvalue weighted by atomic mass is 16.6. The quantitative estimate of drug-likeness (QED) is 0.0350. The van der Waals surface area contributed by atoms with Crippen molar-refractivity contribution >= 4 is 11.9 Å². The SMILES string of the molecule is CCC/C=C\C/C=C\CCCCCCCC(=O)OCC(COCCCCCCCC/C=C\C/C=C\CCCCC)OC(=O)CCCCCCC/C=C\CCCC. The molecule has 0 bridgehead atoms. The molecule has 0 aromatic rings. The maximum absolute atomic E-state index is 12.7. The van der Waals surface area contributed by atoms with Crippen molar-refractivity contribution in [2.75, 3.05) is 19.8 Å². The summed E-state index contributed by atoms with van der Waals surface area (Å²) in [6.45, 7) is 7.66. The maximum atomic E-state index is 12.7. The van der Waals surface area contributed by atoms with Crippen molar-refractivity contribution < 1.29 is 23.8 Å². The van der Waals surface area contributed by atoms with E-state index in [-0.39, 0.29) is 25.2 Å². The van der Waals surface area contributed by atoms with Gasteiger partial charge in [0, 0.05) is 19.4 Å². The predicted octanol–water partition coefficient (Wildman–Crippen LogP) is 15.8. The second-order valence-electron chi connectivity index (χ2n) is 15.6. The summed E-state index contributed by atoms with van der Waals surface area (Å²) in [7, 11) is 0. The van der Waals surface area contributed by atoms with Crippen molar-refractivity contribution in [1.29, 1.82) is 0 Å². The molecule has 0 aliphatic heterocycles. The van der Waals surface area contributed by atoms with Crippen LogP contribution in [-0.2, 0) is 23.8 Å². The average molecular weight is 783 g/mol. The Labute approximate surface area is 347 Å². The summed E-state index contributed by atoms with van der Waals surface area (Å²) < 4.78 is 17.3. The smallest absolute Gasteiger partial charge is 0.306 e. The number of esters is 2. The lowest BCUT2D eigenvalue weighted by Crippen LogP contribution is -2.30. The molecule has 0 saturated carbocycles. The number of ether oxygens (including phenoxy) is 3. The minimum absolute atomic E-state index is 0.0695. The number of carbonyl (C=O) groups excluding carboxylic acids is 2. The molecule has 0 rings (SSSR count). The van der Waals surface area contributed by atoms with E-state index in [1.54, 1.807) is 0 Å². The molecule has 5 heteroatoms. The van der Waals surface area contributed by atoms with Crippen LogP contribution in [0, 0.1) is 0 Å². The van der Waals surface area contributed by atoms with Gasteiger partial charge < -0.3 is 14.2 Å². The molecule has 0 N–H and O–H groups in total. The number of allylic oxidation sites excluding steroid dienone is 10. The summed E-state index contributed by atoms with van der Waals surface area (Å²) in [5.74, 6) is -0.430. The van der Waals surface area contributed by atoms with E-state index in [9.17, 15) is 9.59 Å². The summed E-state index contributed by atoms with van der Waals surface area (Å²) in [6, 6.07) is 0. The van der Waals surface area contributed by atoms with E-state index in [0.29, 0.717) is 19.4 Å². The van der Waals surface area contributed by atoms with Crippen molar-refractivity contribution in [3.05, 3.63) is 60.8 Å². The van der Waals surface area contributed by atoms with Gasteiger partial charge in [0.1, 0.15) is 6.61 Å². The number of carbonyl (C=O) groups is 2. The first-order chi connectivity index (χ1) is 27.6. The van der Waals surface area contributed by atoms with Crippen LogP contribution in [-0.4, -0.2) is 37.9 Å². The van der Waals surface area contributed by atoms with Crippen molar-refractivity contribution in [3.8, 4) is 0 Å². The van der Waals surface area contributed by atoms with Gasteiger partial charge in [-0.05, 0) is 96.3 Å². The fourth-order valence-electron chi connectivity index (χ4n) is 6.38. The largest absolute Gasteiger partial charge is 0.462 e. The van der Waals surface area contributed by atoms with Crippen LogP contribution in [0.1, 0.15) is 226 Å². The maximum Gasteiger partial charge on any atom is 0.306 e. The summed E-state index contributed by atoms with van der Waals surface area (Å²) in [5, 5.41) is 0. The molecule has 1 unspecified atom stereocenters. The predicted molar refractivity (Wildman–Crippen MR) is 242 cm³/mol. The van der Waals surface area contributed by atoms with E-state index in [1.165, 1.54) is 116 Å². The first kappa shape index (κ1) is 53.6. The van der Waals surface area contributed by atoms with Crippen LogP contribution < -0.4 is 0 Å². The summed E-state index contributed by atoms with van der Waals surface area (Å²) in [5.41, 5.74) is 0. The molecule has 0 spiro atoms. The van der Waals surface area contributed by atoms with E-state index >= 15 is 0 Å². The topological polar surface area (TPSA) is 61.8 Å². The van der Waals surface area contributed by atoms with Crippen LogP contribution in [0.2, 0.25) is 0 Å². The summed E-state index contributed by atoms with van der Waals surface area (Å²) in [6.07, 6.45) is 57.9. The lowest BCUT2D eigenvalue weighted by Gasteiger charge is -2.18. The van der Waals surface area contributed by atoms with Crippen molar-refractivity contribution in [2.45, 2.75) is 232 Å². The van der Waals surface area contributed by atoms with Gasteiger partial charge in [0.25, 0.3) is 0 Å². The lowest BCUT2D eigenvalue weighted by atomic mass is 10.1. The Morgan fingerprint density at radius 1 is 0.393 bits per heavy atom. The van der Waals surface area contributed by atoms with Gasteiger partial charge in [0.2, 0.25) is 0 Å².